The Morgan fingerprint density at radius 3 is 2.29 bits per heavy atom. The van der Waals surface area contributed by atoms with Crippen LogP contribution < -0.4 is 21.1 Å². The maximum atomic E-state index is 13.5. The molecule has 3 unspecified atom stereocenters. The minimum Gasteiger partial charge on any atom is -0.457 e. The van der Waals surface area contributed by atoms with Gasteiger partial charge in [0.05, 0.1) is 18.2 Å². The van der Waals surface area contributed by atoms with Crippen LogP contribution in [0.25, 0.3) is 0 Å². The van der Waals surface area contributed by atoms with Gasteiger partial charge in [-0.3, -0.25) is 24.2 Å². The summed E-state index contributed by atoms with van der Waals surface area (Å²) in [6, 6.07) is 9.11. The van der Waals surface area contributed by atoms with E-state index < -0.39 is 29.7 Å². The van der Waals surface area contributed by atoms with E-state index in [9.17, 15) is 24.0 Å². The molecule has 0 aliphatic rings. The quantitative estimate of drug-likeness (QED) is 0.129. The number of ketones is 1. The highest BCUT2D eigenvalue weighted by Crippen LogP contribution is 2.22. The lowest BCUT2D eigenvalue weighted by Crippen LogP contribution is -2.45. The second kappa shape index (κ2) is 18.2. The van der Waals surface area contributed by atoms with E-state index in [0.717, 1.165) is 18.4 Å². The molecule has 0 fully saturated rings. The molecule has 3 amide bonds. The first-order valence-electron chi connectivity index (χ1n) is 14.3. The number of ether oxygens (including phenoxy) is 2. The van der Waals surface area contributed by atoms with E-state index in [0.29, 0.717) is 30.6 Å². The summed E-state index contributed by atoms with van der Waals surface area (Å²) in [7, 11) is 0. The summed E-state index contributed by atoms with van der Waals surface area (Å²) in [6.07, 6.45) is 6.63. The molecule has 0 radical (unpaired) electrons. The Bertz CT molecular complexity index is 1170. The van der Waals surface area contributed by atoms with Crippen molar-refractivity contribution in [1.29, 1.82) is 0 Å². The number of nitrogens with zero attached hydrogens (tertiary/aromatic N) is 1. The Hall–Kier alpha value is -4.28. The molecule has 11 nitrogen and oxygen atoms in total. The first kappa shape index (κ1) is 33.9. The highest BCUT2D eigenvalue weighted by molar-refractivity contribution is 5.93. The predicted octanol–water partition coefficient (Wildman–Crippen LogP) is 3.11. The number of primary amides is 1. The molecule has 1 aromatic heterocycles. The average molecular weight is 583 g/mol. The molecule has 3 atom stereocenters. The summed E-state index contributed by atoms with van der Waals surface area (Å²) in [5.41, 5.74) is 6.29. The highest BCUT2D eigenvalue weighted by Gasteiger charge is 2.31. The molecular formula is C31H42N4O7. The second-order valence-electron chi connectivity index (χ2n) is 10.2. The third kappa shape index (κ3) is 12.1. The van der Waals surface area contributed by atoms with Crippen molar-refractivity contribution < 1.29 is 33.4 Å². The second-order valence-corrected chi connectivity index (χ2v) is 10.2. The minimum atomic E-state index is -0.845. The van der Waals surface area contributed by atoms with Gasteiger partial charge in [-0.05, 0) is 48.6 Å². The Morgan fingerprint density at radius 1 is 0.976 bits per heavy atom. The number of carbonyl (C=O) groups is 5. The molecule has 0 aliphatic heterocycles. The molecule has 0 aliphatic carbocycles. The number of pyridine rings is 1. The summed E-state index contributed by atoms with van der Waals surface area (Å²) in [5, 5.41) is 5.37. The zero-order valence-electron chi connectivity index (χ0n) is 24.6. The lowest BCUT2D eigenvalue weighted by atomic mass is 9.84. The Morgan fingerprint density at radius 2 is 1.67 bits per heavy atom. The first-order valence-corrected chi connectivity index (χ1v) is 14.3. The van der Waals surface area contributed by atoms with Gasteiger partial charge in [-0.2, -0.15) is 0 Å². The molecule has 228 valence electrons. The molecule has 0 bridgehead atoms. The molecular weight excluding hydrogens is 540 g/mol. The van der Waals surface area contributed by atoms with Crippen molar-refractivity contribution in [3.8, 4) is 5.75 Å². The van der Waals surface area contributed by atoms with Crippen LogP contribution in [-0.2, 0) is 30.3 Å². The predicted molar refractivity (Wildman–Crippen MR) is 156 cm³/mol. The van der Waals surface area contributed by atoms with Crippen molar-refractivity contribution in [3.63, 3.8) is 0 Å². The number of esters is 1. The molecule has 2 aromatic rings. The normalized spacial score (nSPS) is 12.8. The lowest BCUT2D eigenvalue weighted by Gasteiger charge is -2.25. The van der Waals surface area contributed by atoms with Gasteiger partial charge in [-0.15, -0.1) is 0 Å². The van der Waals surface area contributed by atoms with Crippen LogP contribution in [0.5, 0.6) is 5.75 Å². The van der Waals surface area contributed by atoms with Gasteiger partial charge in [-0.25, -0.2) is 4.79 Å². The smallest absolute Gasteiger partial charge is 0.341 e. The van der Waals surface area contributed by atoms with Crippen LogP contribution in [0.4, 0.5) is 0 Å². The fourth-order valence-electron chi connectivity index (χ4n) is 4.23. The number of nitrogens with one attached hydrogen (secondary N) is 2. The number of Topliss-reactive ketones (excluding diaryl/α,β-unsaturated/α-hetero) is 1. The van der Waals surface area contributed by atoms with Gasteiger partial charge in [0.2, 0.25) is 24.5 Å². The molecule has 11 heteroatoms. The van der Waals surface area contributed by atoms with Crippen molar-refractivity contribution in [2.45, 2.75) is 71.8 Å². The van der Waals surface area contributed by atoms with Gasteiger partial charge in [0.1, 0.15) is 5.75 Å². The average Bonchev–Trinajstić information content (AvgIpc) is 2.99. The number of unbranched alkanes of at least 4 members (excludes halogenated alkanes) is 2. The third-order valence-corrected chi connectivity index (χ3v) is 6.95. The molecule has 4 N–H and O–H groups in total. The van der Waals surface area contributed by atoms with Crippen molar-refractivity contribution in [3.05, 3.63) is 59.9 Å². The van der Waals surface area contributed by atoms with Crippen molar-refractivity contribution in [2.75, 3.05) is 13.3 Å². The number of hydrogen-bond donors (Lipinski definition) is 3. The van der Waals surface area contributed by atoms with Gasteiger partial charge < -0.3 is 25.8 Å². The fraction of sp³-hybridized carbons (Fsp3) is 0.484. The monoisotopic (exact) mass is 582 g/mol. The first-order chi connectivity index (χ1) is 20.1. The van der Waals surface area contributed by atoms with Crippen LogP contribution in [0, 0.1) is 11.8 Å². The van der Waals surface area contributed by atoms with Crippen LogP contribution in [-0.4, -0.2) is 53.8 Å². The summed E-state index contributed by atoms with van der Waals surface area (Å²) < 4.78 is 10.6. The van der Waals surface area contributed by atoms with Crippen LogP contribution in [0.2, 0.25) is 0 Å². The topological polar surface area (TPSA) is 167 Å². The SMILES string of the molecule is CCCCCC(=O)NC(Cc1ccc(OCOC(=O)c2ccncc2)cc1)C(=O)CC(C(=O)NCC(N)=O)C(C)CC. The maximum Gasteiger partial charge on any atom is 0.341 e. The van der Waals surface area contributed by atoms with Crippen molar-refractivity contribution in [2.24, 2.45) is 17.6 Å². The van der Waals surface area contributed by atoms with E-state index in [1.807, 2.05) is 20.8 Å². The largest absolute Gasteiger partial charge is 0.457 e. The number of hydrogen-bond acceptors (Lipinski definition) is 8. The molecule has 42 heavy (non-hydrogen) atoms. The van der Waals surface area contributed by atoms with E-state index in [4.69, 9.17) is 15.2 Å². The number of rotatable bonds is 19. The number of amides is 3. The van der Waals surface area contributed by atoms with E-state index in [1.54, 1.807) is 24.3 Å². The van der Waals surface area contributed by atoms with Crippen molar-refractivity contribution >= 4 is 29.5 Å². The summed E-state index contributed by atoms with van der Waals surface area (Å²) >= 11 is 0. The van der Waals surface area contributed by atoms with Crippen LogP contribution >= 0.6 is 0 Å². The number of benzene rings is 1. The van der Waals surface area contributed by atoms with Crippen molar-refractivity contribution in [1.82, 2.24) is 15.6 Å². The van der Waals surface area contributed by atoms with Gasteiger partial charge in [0, 0.05) is 31.2 Å². The minimum absolute atomic E-state index is 0.0937. The van der Waals surface area contributed by atoms with E-state index >= 15 is 0 Å². The summed E-state index contributed by atoms with van der Waals surface area (Å²) in [4.78, 5) is 66.1. The van der Waals surface area contributed by atoms with Gasteiger partial charge in [-0.1, -0.05) is 52.2 Å². The standard InChI is InChI=1S/C31H42N4O7/c1-4-6-7-8-29(38)35-26(27(36)18-25(21(3)5-2)30(39)34-19-28(32)37)17-22-9-11-24(12-10-22)41-20-42-31(40)23-13-15-33-16-14-23/h9-16,21,25-26H,4-8,17-20H2,1-3H3,(H2,32,37)(H,34,39)(H,35,38). The van der Waals surface area contributed by atoms with Crippen LogP contribution in [0.15, 0.2) is 48.8 Å². The summed E-state index contributed by atoms with van der Waals surface area (Å²) in [6.45, 7) is 5.23. The van der Waals surface area contributed by atoms with Gasteiger partial charge >= 0.3 is 5.97 Å². The number of aromatic nitrogens is 1. The number of carbonyl (C=O) groups excluding carboxylic acids is 5. The highest BCUT2D eigenvalue weighted by atomic mass is 16.7. The Balaban J connectivity index is 2.08. The zero-order valence-corrected chi connectivity index (χ0v) is 24.6. The molecule has 2 rings (SSSR count). The van der Waals surface area contributed by atoms with E-state index in [-0.39, 0.29) is 43.8 Å². The molecule has 0 saturated heterocycles. The molecule has 1 aromatic carbocycles. The Labute approximate surface area is 246 Å². The third-order valence-electron chi connectivity index (χ3n) is 6.95. The lowest BCUT2D eigenvalue weighted by molar-refractivity contribution is -0.133. The number of nitrogens with two attached hydrogens (primary N) is 1. The van der Waals surface area contributed by atoms with Gasteiger partial charge in [0.15, 0.2) is 5.78 Å². The van der Waals surface area contributed by atoms with Crippen LogP contribution in [0.1, 0.15) is 75.2 Å². The molecule has 1 heterocycles. The van der Waals surface area contributed by atoms with Crippen LogP contribution in [0.3, 0.4) is 0 Å². The van der Waals surface area contributed by atoms with E-state index in [1.165, 1.54) is 24.5 Å². The fourth-order valence-corrected chi connectivity index (χ4v) is 4.23. The summed E-state index contributed by atoms with van der Waals surface area (Å²) in [5.74, 6) is -2.49. The zero-order chi connectivity index (χ0) is 30.9. The van der Waals surface area contributed by atoms with Gasteiger partial charge in [0.25, 0.3) is 0 Å². The Kier molecular flexibility index (Phi) is 14.7. The molecule has 0 saturated carbocycles. The molecule has 0 spiro atoms. The van der Waals surface area contributed by atoms with E-state index in [2.05, 4.69) is 15.6 Å². The maximum absolute atomic E-state index is 13.5.